The van der Waals surface area contributed by atoms with Crippen molar-refractivity contribution in [3.8, 4) is 0 Å². The molecule has 1 heterocycles. The lowest BCUT2D eigenvalue weighted by Gasteiger charge is -2.37. The molecular formula is C20H24ClN3O. The third-order valence-corrected chi connectivity index (χ3v) is 4.93. The fourth-order valence-electron chi connectivity index (χ4n) is 3.28. The molecule has 2 aromatic carbocycles. The number of halogens is 1. The molecule has 2 aromatic rings. The minimum atomic E-state index is 0.0322. The summed E-state index contributed by atoms with van der Waals surface area (Å²) in [6, 6.07) is 16.2. The Bertz CT molecular complexity index is 747. The second kappa shape index (κ2) is 8.00. The van der Waals surface area contributed by atoms with E-state index in [1.54, 1.807) is 19.0 Å². The summed E-state index contributed by atoms with van der Waals surface area (Å²) in [5.41, 5.74) is 3.02. The Morgan fingerprint density at radius 1 is 1.24 bits per heavy atom. The summed E-state index contributed by atoms with van der Waals surface area (Å²) in [5, 5.41) is 4.26. The number of rotatable bonds is 4. The van der Waals surface area contributed by atoms with Gasteiger partial charge in [0.2, 0.25) is 0 Å². The Morgan fingerprint density at radius 3 is 2.80 bits per heavy atom. The first-order chi connectivity index (χ1) is 12.1. The minimum Gasteiger partial charge on any atom is -0.345 e. The Morgan fingerprint density at radius 2 is 2.04 bits per heavy atom. The molecule has 5 heteroatoms. The summed E-state index contributed by atoms with van der Waals surface area (Å²) in [5.74, 6) is 0.0322. The van der Waals surface area contributed by atoms with Gasteiger partial charge in [0, 0.05) is 56.9 Å². The number of piperazine rings is 1. The van der Waals surface area contributed by atoms with Gasteiger partial charge in [0.05, 0.1) is 0 Å². The van der Waals surface area contributed by atoms with Gasteiger partial charge in [0.25, 0.3) is 5.91 Å². The number of amides is 1. The maximum absolute atomic E-state index is 12.2. The predicted molar refractivity (Wildman–Crippen MR) is 102 cm³/mol. The van der Waals surface area contributed by atoms with E-state index in [-0.39, 0.29) is 11.9 Å². The van der Waals surface area contributed by atoms with Gasteiger partial charge in [0.15, 0.2) is 0 Å². The highest BCUT2D eigenvalue weighted by Gasteiger charge is 2.25. The second-order valence-electron chi connectivity index (χ2n) is 6.61. The van der Waals surface area contributed by atoms with Gasteiger partial charge in [0.1, 0.15) is 0 Å². The average Bonchev–Trinajstić information content (AvgIpc) is 2.62. The Hall–Kier alpha value is -1.88. The molecule has 3 rings (SSSR count). The van der Waals surface area contributed by atoms with Crippen LogP contribution in [0.15, 0.2) is 48.5 Å². The van der Waals surface area contributed by atoms with E-state index in [0.717, 1.165) is 47.9 Å². The second-order valence-corrected chi connectivity index (χ2v) is 7.02. The van der Waals surface area contributed by atoms with Gasteiger partial charge in [-0.05, 0) is 29.3 Å². The zero-order valence-electron chi connectivity index (χ0n) is 14.7. The topological polar surface area (TPSA) is 35.6 Å². The van der Waals surface area contributed by atoms with Crippen LogP contribution in [-0.2, 0) is 6.54 Å². The van der Waals surface area contributed by atoms with Gasteiger partial charge in [-0.2, -0.15) is 0 Å². The van der Waals surface area contributed by atoms with Crippen molar-refractivity contribution in [2.45, 2.75) is 12.6 Å². The average molecular weight is 358 g/mol. The van der Waals surface area contributed by atoms with Crippen LogP contribution in [0, 0.1) is 0 Å². The van der Waals surface area contributed by atoms with E-state index in [1.165, 1.54) is 0 Å². The first-order valence-electron chi connectivity index (χ1n) is 8.56. The van der Waals surface area contributed by atoms with Crippen molar-refractivity contribution in [2.24, 2.45) is 0 Å². The van der Waals surface area contributed by atoms with Crippen LogP contribution >= 0.6 is 11.6 Å². The molecule has 0 aromatic heterocycles. The zero-order valence-corrected chi connectivity index (χ0v) is 15.5. The summed E-state index contributed by atoms with van der Waals surface area (Å²) in [6.45, 7) is 3.57. The van der Waals surface area contributed by atoms with Crippen LogP contribution in [0.1, 0.15) is 27.5 Å². The van der Waals surface area contributed by atoms with Crippen molar-refractivity contribution in [2.75, 3.05) is 33.7 Å². The third kappa shape index (κ3) is 4.21. The Kier molecular flexibility index (Phi) is 5.74. The summed E-state index contributed by atoms with van der Waals surface area (Å²) >= 11 is 6.42. The van der Waals surface area contributed by atoms with Crippen LogP contribution in [0.3, 0.4) is 0 Å². The first kappa shape index (κ1) is 17.9. The van der Waals surface area contributed by atoms with E-state index in [0.29, 0.717) is 0 Å². The van der Waals surface area contributed by atoms with Crippen LogP contribution in [0.4, 0.5) is 0 Å². The molecule has 0 aliphatic carbocycles. The van der Waals surface area contributed by atoms with E-state index >= 15 is 0 Å². The number of benzene rings is 2. The highest BCUT2D eigenvalue weighted by molar-refractivity contribution is 6.31. The fraction of sp³-hybridized carbons (Fsp3) is 0.350. The number of carbonyl (C=O) groups is 1. The molecule has 1 N–H and O–H groups in total. The van der Waals surface area contributed by atoms with Crippen LogP contribution in [0.25, 0.3) is 0 Å². The van der Waals surface area contributed by atoms with E-state index in [1.807, 2.05) is 36.4 Å². The Balaban J connectivity index is 1.82. The summed E-state index contributed by atoms with van der Waals surface area (Å²) in [7, 11) is 3.55. The molecule has 1 unspecified atom stereocenters. The standard InChI is InChI=1S/C20H24ClN3O/c1-23(2)20(25)16-7-5-6-15(12-16)14-24-11-10-22-13-19(24)17-8-3-4-9-18(17)21/h3-9,12,19,22H,10-11,13-14H2,1-2H3. The van der Waals surface area contributed by atoms with E-state index in [9.17, 15) is 4.79 Å². The molecule has 1 atom stereocenters. The maximum atomic E-state index is 12.2. The van der Waals surface area contributed by atoms with Crippen molar-refractivity contribution >= 4 is 17.5 Å². The molecule has 4 nitrogen and oxygen atoms in total. The monoisotopic (exact) mass is 357 g/mol. The molecule has 0 radical (unpaired) electrons. The SMILES string of the molecule is CN(C)C(=O)c1cccc(CN2CCNCC2c2ccccc2Cl)c1. The minimum absolute atomic E-state index is 0.0322. The molecule has 0 saturated carbocycles. The van der Waals surface area contributed by atoms with Gasteiger partial charge >= 0.3 is 0 Å². The lowest BCUT2D eigenvalue weighted by atomic mass is 10.0. The van der Waals surface area contributed by atoms with Crippen LogP contribution < -0.4 is 5.32 Å². The third-order valence-electron chi connectivity index (χ3n) is 4.58. The molecule has 1 saturated heterocycles. The molecule has 0 bridgehead atoms. The van der Waals surface area contributed by atoms with Gasteiger partial charge in [-0.3, -0.25) is 9.69 Å². The lowest BCUT2D eigenvalue weighted by Crippen LogP contribution is -2.45. The molecule has 0 spiro atoms. The molecule has 25 heavy (non-hydrogen) atoms. The van der Waals surface area contributed by atoms with Crippen molar-refractivity contribution in [3.05, 3.63) is 70.2 Å². The van der Waals surface area contributed by atoms with Gasteiger partial charge in [-0.15, -0.1) is 0 Å². The summed E-state index contributed by atoms with van der Waals surface area (Å²) in [6.07, 6.45) is 0. The van der Waals surface area contributed by atoms with Crippen molar-refractivity contribution < 1.29 is 4.79 Å². The van der Waals surface area contributed by atoms with E-state index < -0.39 is 0 Å². The largest absolute Gasteiger partial charge is 0.345 e. The maximum Gasteiger partial charge on any atom is 0.253 e. The van der Waals surface area contributed by atoms with Crippen LogP contribution in [-0.4, -0.2) is 49.4 Å². The highest BCUT2D eigenvalue weighted by Crippen LogP contribution is 2.29. The molecule has 132 valence electrons. The molecular weight excluding hydrogens is 334 g/mol. The number of hydrogen-bond acceptors (Lipinski definition) is 3. The van der Waals surface area contributed by atoms with E-state index in [4.69, 9.17) is 11.6 Å². The summed E-state index contributed by atoms with van der Waals surface area (Å²) < 4.78 is 0. The quantitative estimate of drug-likeness (QED) is 0.912. The van der Waals surface area contributed by atoms with E-state index in [2.05, 4.69) is 22.3 Å². The zero-order chi connectivity index (χ0) is 17.8. The molecule has 1 aliphatic heterocycles. The van der Waals surface area contributed by atoms with Crippen molar-refractivity contribution in [1.29, 1.82) is 0 Å². The smallest absolute Gasteiger partial charge is 0.253 e. The normalized spacial score (nSPS) is 18.1. The summed E-state index contributed by atoms with van der Waals surface area (Å²) in [4.78, 5) is 16.2. The first-order valence-corrected chi connectivity index (χ1v) is 8.94. The molecule has 1 fully saturated rings. The Labute approximate surface area is 154 Å². The predicted octanol–water partition coefficient (Wildman–Crippen LogP) is 3.19. The lowest BCUT2D eigenvalue weighted by molar-refractivity contribution is 0.0827. The van der Waals surface area contributed by atoms with Crippen LogP contribution in [0.5, 0.6) is 0 Å². The van der Waals surface area contributed by atoms with Crippen molar-refractivity contribution in [1.82, 2.24) is 15.1 Å². The van der Waals surface area contributed by atoms with Gasteiger partial charge in [-0.1, -0.05) is 41.9 Å². The number of carbonyl (C=O) groups excluding carboxylic acids is 1. The van der Waals surface area contributed by atoms with Gasteiger partial charge in [-0.25, -0.2) is 0 Å². The number of hydrogen-bond donors (Lipinski definition) is 1. The molecule has 1 amide bonds. The van der Waals surface area contributed by atoms with Crippen molar-refractivity contribution in [3.63, 3.8) is 0 Å². The number of nitrogens with zero attached hydrogens (tertiary/aromatic N) is 2. The van der Waals surface area contributed by atoms with Crippen LogP contribution in [0.2, 0.25) is 5.02 Å². The highest BCUT2D eigenvalue weighted by atomic mass is 35.5. The fourth-order valence-corrected chi connectivity index (χ4v) is 3.54. The molecule has 1 aliphatic rings. The van der Waals surface area contributed by atoms with Gasteiger partial charge < -0.3 is 10.2 Å². The number of nitrogens with one attached hydrogen (secondary N) is 1.